The minimum absolute atomic E-state index is 0.243. The predicted molar refractivity (Wildman–Crippen MR) is 94.5 cm³/mol. The molecule has 5 nitrogen and oxygen atoms in total. The lowest BCUT2D eigenvalue weighted by molar-refractivity contribution is -0.196. The smallest absolute Gasteiger partial charge is 0.405 e. The number of nitrogens with one attached hydrogen (secondary N) is 1. The van der Waals surface area contributed by atoms with Crippen molar-refractivity contribution >= 4 is 11.7 Å². The molecule has 2 atom stereocenters. The number of piperazine rings is 1. The molecule has 1 aliphatic rings. The van der Waals surface area contributed by atoms with Crippen molar-refractivity contribution in [1.82, 2.24) is 9.80 Å². The van der Waals surface area contributed by atoms with Gasteiger partial charge in [0, 0.05) is 24.8 Å². The van der Waals surface area contributed by atoms with Crippen molar-refractivity contribution in [2.45, 2.75) is 44.9 Å². The van der Waals surface area contributed by atoms with E-state index in [9.17, 15) is 18.0 Å². The van der Waals surface area contributed by atoms with Gasteiger partial charge in [-0.25, -0.2) is 4.79 Å². The van der Waals surface area contributed by atoms with Crippen molar-refractivity contribution in [2.75, 3.05) is 32.1 Å². The number of hydrogen-bond donors (Lipinski definition) is 1. The number of anilines is 1. The van der Waals surface area contributed by atoms with Gasteiger partial charge in [0.05, 0.1) is 6.61 Å². The van der Waals surface area contributed by atoms with E-state index in [2.05, 4.69) is 12.2 Å². The van der Waals surface area contributed by atoms with Gasteiger partial charge < -0.3 is 15.0 Å². The number of unbranched alkanes of at least 4 members (excludes halogenated alkanes) is 1. The monoisotopic (exact) mass is 373 g/mol. The number of rotatable bonds is 5. The van der Waals surface area contributed by atoms with Gasteiger partial charge >= 0.3 is 12.2 Å². The van der Waals surface area contributed by atoms with Crippen LogP contribution in [0.5, 0.6) is 5.75 Å². The van der Waals surface area contributed by atoms with Crippen molar-refractivity contribution in [3.63, 3.8) is 0 Å². The molecule has 1 N–H and O–H groups in total. The zero-order valence-electron chi connectivity index (χ0n) is 15.3. The largest absolute Gasteiger partial charge is 0.494 e. The van der Waals surface area contributed by atoms with E-state index >= 15 is 0 Å². The second-order valence-corrected chi connectivity index (χ2v) is 6.63. The highest BCUT2D eigenvalue weighted by Crippen LogP contribution is 2.29. The standard InChI is InChI=1S/C18H26F3N3O2/c1-4-5-10-26-15-8-6-14(7-9-15)22-17(25)24-11-13(2)23(3)16(12-24)18(19,20)21/h6-9,13,16H,4-5,10-12H2,1-3H3,(H,22,25). The Labute approximate surface area is 152 Å². The predicted octanol–water partition coefficient (Wildman–Crippen LogP) is 3.96. The highest BCUT2D eigenvalue weighted by atomic mass is 19.4. The van der Waals surface area contributed by atoms with Crippen molar-refractivity contribution in [3.05, 3.63) is 24.3 Å². The Morgan fingerprint density at radius 3 is 2.50 bits per heavy atom. The first kappa shape index (κ1) is 20.4. The fourth-order valence-corrected chi connectivity index (χ4v) is 2.84. The maximum absolute atomic E-state index is 13.2. The first-order chi connectivity index (χ1) is 12.2. The van der Waals surface area contributed by atoms with Crippen LogP contribution in [0.1, 0.15) is 26.7 Å². The molecule has 0 radical (unpaired) electrons. The third-order valence-corrected chi connectivity index (χ3v) is 4.60. The number of ether oxygens (including phenoxy) is 1. The molecule has 1 heterocycles. The lowest BCUT2D eigenvalue weighted by Crippen LogP contribution is -2.62. The lowest BCUT2D eigenvalue weighted by atomic mass is 10.1. The number of likely N-dealkylation sites (N-methyl/N-ethyl adjacent to an activating group) is 1. The van der Waals surface area contributed by atoms with E-state index in [1.165, 1.54) is 16.8 Å². The molecule has 1 aromatic carbocycles. The number of amides is 2. The number of alkyl halides is 3. The quantitative estimate of drug-likeness (QED) is 0.795. The van der Waals surface area contributed by atoms with Crippen molar-refractivity contribution in [3.8, 4) is 5.75 Å². The molecule has 1 aromatic rings. The molecule has 146 valence electrons. The number of carbonyl (C=O) groups excluding carboxylic acids is 1. The molecule has 26 heavy (non-hydrogen) atoms. The fraction of sp³-hybridized carbons (Fsp3) is 0.611. The summed E-state index contributed by atoms with van der Waals surface area (Å²) in [6.45, 7) is 4.24. The molecule has 2 unspecified atom stereocenters. The Hall–Kier alpha value is -1.96. The lowest BCUT2D eigenvalue weighted by Gasteiger charge is -2.44. The number of hydrogen-bond acceptors (Lipinski definition) is 3. The van der Waals surface area contributed by atoms with Gasteiger partial charge in [-0.2, -0.15) is 13.2 Å². The van der Waals surface area contributed by atoms with Crippen molar-refractivity contribution in [2.24, 2.45) is 0 Å². The molecule has 1 fully saturated rings. The van der Waals surface area contributed by atoms with Crippen LogP contribution in [0.2, 0.25) is 0 Å². The van der Waals surface area contributed by atoms with E-state index in [0.29, 0.717) is 18.0 Å². The molecule has 0 spiro atoms. The SMILES string of the molecule is CCCCOc1ccc(NC(=O)N2CC(C)N(C)C(C(F)(F)F)C2)cc1. The summed E-state index contributed by atoms with van der Waals surface area (Å²) in [7, 11) is 1.44. The average molecular weight is 373 g/mol. The van der Waals surface area contributed by atoms with Gasteiger partial charge in [0.25, 0.3) is 0 Å². The summed E-state index contributed by atoms with van der Waals surface area (Å²) in [4.78, 5) is 14.9. The first-order valence-corrected chi connectivity index (χ1v) is 8.79. The summed E-state index contributed by atoms with van der Waals surface area (Å²) in [6.07, 6.45) is -2.38. The summed E-state index contributed by atoms with van der Waals surface area (Å²) in [5, 5.41) is 2.66. The van der Waals surface area contributed by atoms with Crippen LogP contribution >= 0.6 is 0 Å². The molecular weight excluding hydrogens is 347 g/mol. The zero-order valence-corrected chi connectivity index (χ0v) is 15.3. The molecule has 0 bridgehead atoms. The second-order valence-electron chi connectivity index (χ2n) is 6.63. The summed E-state index contributed by atoms with van der Waals surface area (Å²) >= 11 is 0. The number of nitrogens with zero attached hydrogens (tertiary/aromatic N) is 2. The third-order valence-electron chi connectivity index (χ3n) is 4.60. The van der Waals surface area contributed by atoms with Gasteiger partial charge in [-0.05, 0) is 44.7 Å². The third kappa shape index (κ3) is 5.27. The van der Waals surface area contributed by atoms with Crippen LogP contribution in [-0.2, 0) is 0 Å². The molecule has 0 aliphatic carbocycles. The van der Waals surface area contributed by atoms with Gasteiger partial charge in [-0.3, -0.25) is 4.90 Å². The minimum atomic E-state index is -4.38. The van der Waals surface area contributed by atoms with Crippen LogP contribution in [0.25, 0.3) is 0 Å². The fourth-order valence-electron chi connectivity index (χ4n) is 2.84. The Morgan fingerprint density at radius 1 is 1.27 bits per heavy atom. The van der Waals surface area contributed by atoms with Crippen molar-refractivity contribution < 1.29 is 22.7 Å². The van der Waals surface area contributed by atoms with Gasteiger partial charge in [0.15, 0.2) is 0 Å². The summed E-state index contributed by atoms with van der Waals surface area (Å²) < 4.78 is 45.1. The van der Waals surface area contributed by atoms with Gasteiger partial charge in [-0.15, -0.1) is 0 Å². The average Bonchev–Trinajstić information content (AvgIpc) is 2.57. The van der Waals surface area contributed by atoms with Crippen molar-refractivity contribution in [1.29, 1.82) is 0 Å². The molecule has 0 aromatic heterocycles. The molecule has 8 heteroatoms. The summed E-state index contributed by atoms with van der Waals surface area (Å²) in [6, 6.07) is 4.26. The highest BCUT2D eigenvalue weighted by molar-refractivity contribution is 5.89. The highest BCUT2D eigenvalue weighted by Gasteiger charge is 2.47. The van der Waals surface area contributed by atoms with E-state index in [0.717, 1.165) is 12.8 Å². The van der Waals surface area contributed by atoms with Gasteiger partial charge in [0.2, 0.25) is 0 Å². The summed E-state index contributed by atoms with van der Waals surface area (Å²) in [5.74, 6) is 0.696. The second kappa shape index (κ2) is 8.62. The van der Waals surface area contributed by atoms with E-state index in [4.69, 9.17) is 4.74 Å². The number of carbonyl (C=O) groups is 1. The Kier molecular flexibility index (Phi) is 6.75. The number of halogens is 3. The minimum Gasteiger partial charge on any atom is -0.494 e. The summed E-state index contributed by atoms with van der Waals surface area (Å²) in [5.41, 5.74) is 0.521. The van der Waals surface area contributed by atoms with Crippen LogP contribution in [0.15, 0.2) is 24.3 Å². The van der Waals surface area contributed by atoms with Gasteiger partial charge in [-0.1, -0.05) is 13.3 Å². The molecule has 1 saturated heterocycles. The molecule has 2 rings (SSSR count). The molecule has 2 amide bonds. The Morgan fingerprint density at radius 2 is 1.92 bits per heavy atom. The Bertz CT molecular complexity index is 592. The van der Waals surface area contributed by atoms with Gasteiger partial charge in [0.1, 0.15) is 11.8 Å². The van der Waals surface area contributed by atoms with Crippen LogP contribution in [0.4, 0.5) is 23.7 Å². The molecule has 0 saturated carbocycles. The zero-order chi connectivity index (χ0) is 19.3. The Balaban J connectivity index is 1.96. The van der Waals surface area contributed by atoms with Crippen LogP contribution in [0.3, 0.4) is 0 Å². The number of urea groups is 1. The van der Waals surface area contributed by atoms with Crippen LogP contribution in [0, 0.1) is 0 Å². The molecular formula is C18H26F3N3O2. The first-order valence-electron chi connectivity index (χ1n) is 8.79. The topological polar surface area (TPSA) is 44.8 Å². The number of benzene rings is 1. The maximum Gasteiger partial charge on any atom is 0.405 e. The van der Waals surface area contributed by atoms with E-state index in [-0.39, 0.29) is 19.1 Å². The molecule has 1 aliphatic heterocycles. The van der Waals surface area contributed by atoms with E-state index in [1.807, 2.05) is 0 Å². The van der Waals surface area contributed by atoms with E-state index < -0.39 is 18.2 Å². The van der Waals surface area contributed by atoms with E-state index in [1.54, 1.807) is 31.2 Å². The normalized spacial score (nSPS) is 21.5. The van der Waals surface area contributed by atoms with Crippen LogP contribution < -0.4 is 10.1 Å². The van der Waals surface area contributed by atoms with Crippen LogP contribution in [-0.4, -0.2) is 60.8 Å². The maximum atomic E-state index is 13.2.